The van der Waals surface area contributed by atoms with E-state index in [1.54, 1.807) is 0 Å². The monoisotopic (exact) mass is 332 g/mol. The van der Waals surface area contributed by atoms with Crippen molar-refractivity contribution >= 4 is 28.6 Å². The molecule has 1 N–H and O–H groups in total. The number of aromatic nitrogens is 2. The number of hydrogen-bond donors (Lipinski definition) is 1. The van der Waals surface area contributed by atoms with E-state index < -0.39 is 0 Å². The van der Waals surface area contributed by atoms with Crippen molar-refractivity contribution < 1.29 is 4.79 Å². The third-order valence-electron chi connectivity index (χ3n) is 4.58. The second-order valence-corrected chi connectivity index (χ2v) is 6.35. The minimum atomic E-state index is -0.150. The van der Waals surface area contributed by atoms with Crippen LogP contribution in [0.2, 0.25) is 0 Å². The summed E-state index contributed by atoms with van der Waals surface area (Å²) in [5, 5.41) is 2.98. The number of nitrogens with zero attached hydrogens (tertiary/aromatic N) is 3. The summed E-state index contributed by atoms with van der Waals surface area (Å²) in [6.07, 6.45) is 2.28. The first-order chi connectivity index (χ1) is 12.2. The zero-order valence-electron chi connectivity index (χ0n) is 14.2. The second kappa shape index (κ2) is 6.51. The molecular weight excluding hydrogens is 312 g/mol. The highest BCUT2D eigenvalue weighted by atomic mass is 16.1. The van der Waals surface area contributed by atoms with E-state index in [2.05, 4.69) is 15.2 Å². The molecule has 2 heterocycles. The van der Waals surface area contributed by atoms with Crippen molar-refractivity contribution in [3.8, 4) is 0 Å². The van der Waals surface area contributed by atoms with E-state index in [1.807, 2.05) is 55.5 Å². The Balaban J connectivity index is 1.75. The predicted octanol–water partition coefficient (Wildman–Crippen LogP) is 3.79. The molecule has 5 heteroatoms. The van der Waals surface area contributed by atoms with Crippen molar-refractivity contribution in [2.75, 3.05) is 23.3 Å². The zero-order chi connectivity index (χ0) is 17.2. The summed E-state index contributed by atoms with van der Waals surface area (Å²) >= 11 is 0. The highest BCUT2D eigenvalue weighted by Gasteiger charge is 2.21. The van der Waals surface area contributed by atoms with Crippen LogP contribution >= 0.6 is 0 Å². The van der Waals surface area contributed by atoms with Gasteiger partial charge in [0.15, 0.2) is 11.6 Å². The molecule has 25 heavy (non-hydrogen) atoms. The van der Waals surface area contributed by atoms with Crippen LogP contribution in [-0.2, 0) is 0 Å². The Morgan fingerprint density at radius 3 is 2.32 bits per heavy atom. The van der Waals surface area contributed by atoms with Gasteiger partial charge in [-0.25, -0.2) is 9.97 Å². The Kier molecular flexibility index (Phi) is 4.06. The first-order valence-corrected chi connectivity index (χ1v) is 8.61. The van der Waals surface area contributed by atoms with E-state index in [-0.39, 0.29) is 5.91 Å². The molecule has 0 unspecified atom stereocenters. The Hall–Kier alpha value is -2.95. The molecule has 1 aromatic heterocycles. The number of amides is 1. The van der Waals surface area contributed by atoms with Gasteiger partial charge in [-0.3, -0.25) is 4.79 Å². The van der Waals surface area contributed by atoms with E-state index in [0.29, 0.717) is 11.4 Å². The Morgan fingerprint density at radius 1 is 0.960 bits per heavy atom. The Labute approximate surface area is 146 Å². The van der Waals surface area contributed by atoms with Gasteiger partial charge < -0.3 is 10.2 Å². The molecule has 0 atom stereocenters. The number of carbonyl (C=O) groups is 1. The van der Waals surface area contributed by atoms with Gasteiger partial charge in [-0.1, -0.05) is 30.3 Å². The molecule has 0 radical (unpaired) electrons. The number of anilines is 2. The SMILES string of the molecule is Cc1ccccc1C(=O)Nc1nc2ccccc2nc1N1CCCC1. The number of hydrogen-bond acceptors (Lipinski definition) is 4. The minimum Gasteiger partial charge on any atom is -0.354 e. The van der Waals surface area contributed by atoms with Crippen molar-refractivity contribution in [1.82, 2.24) is 9.97 Å². The average Bonchev–Trinajstić information content (AvgIpc) is 3.16. The first kappa shape index (κ1) is 15.6. The lowest BCUT2D eigenvalue weighted by molar-refractivity contribution is 0.102. The maximum Gasteiger partial charge on any atom is 0.257 e. The Bertz CT molecular complexity index is 932. The normalized spacial score (nSPS) is 14.0. The highest BCUT2D eigenvalue weighted by molar-refractivity contribution is 6.06. The van der Waals surface area contributed by atoms with Crippen molar-refractivity contribution in [2.24, 2.45) is 0 Å². The number of benzene rings is 2. The van der Waals surface area contributed by atoms with Crippen LogP contribution in [-0.4, -0.2) is 29.0 Å². The summed E-state index contributed by atoms with van der Waals surface area (Å²) < 4.78 is 0. The maximum absolute atomic E-state index is 12.7. The van der Waals surface area contributed by atoms with Crippen LogP contribution in [0.1, 0.15) is 28.8 Å². The quantitative estimate of drug-likeness (QED) is 0.793. The molecule has 1 amide bonds. The number of aryl methyl sites for hydroxylation is 1. The molecule has 1 aliphatic rings. The van der Waals surface area contributed by atoms with Crippen LogP contribution < -0.4 is 10.2 Å². The lowest BCUT2D eigenvalue weighted by Crippen LogP contribution is -2.23. The van der Waals surface area contributed by atoms with Crippen molar-refractivity contribution in [3.63, 3.8) is 0 Å². The van der Waals surface area contributed by atoms with Crippen LogP contribution in [0.15, 0.2) is 48.5 Å². The molecule has 0 aliphatic carbocycles. The number of fused-ring (bicyclic) bond motifs is 1. The molecular formula is C20H20N4O. The van der Waals surface area contributed by atoms with Gasteiger partial charge >= 0.3 is 0 Å². The lowest BCUT2D eigenvalue weighted by Gasteiger charge is -2.20. The van der Waals surface area contributed by atoms with E-state index in [1.165, 1.54) is 0 Å². The largest absolute Gasteiger partial charge is 0.354 e. The van der Waals surface area contributed by atoms with Gasteiger partial charge in [0.25, 0.3) is 5.91 Å². The molecule has 3 aromatic rings. The second-order valence-electron chi connectivity index (χ2n) is 6.35. The average molecular weight is 332 g/mol. The molecule has 126 valence electrons. The fraction of sp³-hybridized carbons (Fsp3) is 0.250. The maximum atomic E-state index is 12.7. The summed E-state index contributed by atoms with van der Waals surface area (Å²) in [5.74, 6) is 1.15. The highest BCUT2D eigenvalue weighted by Crippen LogP contribution is 2.28. The van der Waals surface area contributed by atoms with Gasteiger partial charge in [0, 0.05) is 18.7 Å². The third kappa shape index (κ3) is 3.05. The smallest absolute Gasteiger partial charge is 0.257 e. The van der Waals surface area contributed by atoms with Crippen LogP contribution in [0.4, 0.5) is 11.6 Å². The van der Waals surface area contributed by atoms with E-state index in [0.717, 1.165) is 48.3 Å². The molecule has 4 rings (SSSR count). The Morgan fingerprint density at radius 2 is 1.60 bits per heavy atom. The topological polar surface area (TPSA) is 58.1 Å². The van der Waals surface area contributed by atoms with Crippen LogP contribution in [0.5, 0.6) is 0 Å². The minimum absolute atomic E-state index is 0.150. The zero-order valence-corrected chi connectivity index (χ0v) is 14.2. The van der Waals surface area contributed by atoms with Crippen molar-refractivity contribution in [1.29, 1.82) is 0 Å². The fourth-order valence-corrected chi connectivity index (χ4v) is 3.23. The van der Waals surface area contributed by atoms with Gasteiger partial charge in [0.1, 0.15) is 0 Å². The molecule has 1 saturated heterocycles. The van der Waals surface area contributed by atoms with Gasteiger partial charge in [0.2, 0.25) is 0 Å². The third-order valence-corrected chi connectivity index (χ3v) is 4.58. The number of carbonyl (C=O) groups excluding carboxylic acids is 1. The first-order valence-electron chi connectivity index (χ1n) is 8.61. The molecule has 0 bridgehead atoms. The molecule has 1 aliphatic heterocycles. The van der Waals surface area contributed by atoms with E-state index in [4.69, 9.17) is 4.98 Å². The molecule has 0 saturated carbocycles. The summed E-state index contributed by atoms with van der Waals surface area (Å²) in [7, 11) is 0. The fourth-order valence-electron chi connectivity index (χ4n) is 3.23. The number of para-hydroxylation sites is 2. The van der Waals surface area contributed by atoms with Crippen LogP contribution in [0, 0.1) is 6.92 Å². The summed E-state index contributed by atoms with van der Waals surface area (Å²) in [4.78, 5) is 24.4. The van der Waals surface area contributed by atoms with Crippen molar-refractivity contribution in [2.45, 2.75) is 19.8 Å². The summed E-state index contributed by atoms with van der Waals surface area (Å²) in [6, 6.07) is 15.3. The van der Waals surface area contributed by atoms with E-state index in [9.17, 15) is 4.79 Å². The molecule has 5 nitrogen and oxygen atoms in total. The van der Waals surface area contributed by atoms with Gasteiger partial charge in [-0.2, -0.15) is 0 Å². The molecule has 2 aromatic carbocycles. The van der Waals surface area contributed by atoms with Gasteiger partial charge in [0.05, 0.1) is 11.0 Å². The summed E-state index contributed by atoms with van der Waals surface area (Å²) in [5.41, 5.74) is 3.23. The number of nitrogens with one attached hydrogen (secondary N) is 1. The standard InChI is InChI=1S/C20H20N4O/c1-14-8-2-3-9-15(14)20(25)23-18-19(24-12-6-7-13-24)22-17-11-5-4-10-16(17)21-18/h2-5,8-11H,6-7,12-13H2,1H3,(H,21,23,25). The number of rotatable bonds is 3. The van der Waals surface area contributed by atoms with Gasteiger partial charge in [-0.05, 0) is 43.5 Å². The van der Waals surface area contributed by atoms with E-state index >= 15 is 0 Å². The van der Waals surface area contributed by atoms with Crippen molar-refractivity contribution in [3.05, 3.63) is 59.7 Å². The lowest BCUT2D eigenvalue weighted by atomic mass is 10.1. The van der Waals surface area contributed by atoms with Crippen LogP contribution in [0.25, 0.3) is 11.0 Å². The van der Waals surface area contributed by atoms with Crippen LogP contribution in [0.3, 0.4) is 0 Å². The summed E-state index contributed by atoms with van der Waals surface area (Å²) in [6.45, 7) is 3.82. The van der Waals surface area contributed by atoms with Gasteiger partial charge in [-0.15, -0.1) is 0 Å². The molecule has 1 fully saturated rings. The predicted molar refractivity (Wildman–Crippen MR) is 100 cm³/mol. The molecule has 0 spiro atoms.